The third kappa shape index (κ3) is 4.35. The van der Waals surface area contributed by atoms with Crippen molar-refractivity contribution >= 4 is 11.9 Å². The number of carboxylic acids is 1. The van der Waals surface area contributed by atoms with Crippen LogP contribution >= 0.6 is 0 Å². The predicted octanol–water partition coefficient (Wildman–Crippen LogP) is 0.877. The Hall–Kier alpha value is -2.28. The largest absolute Gasteiger partial charge is 0.493 e. The van der Waals surface area contributed by atoms with Crippen molar-refractivity contribution in [1.82, 2.24) is 4.90 Å². The number of para-hydroxylation sites is 1. The third-order valence-electron chi connectivity index (χ3n) is 2.81. The predicted molar refractivity (Wildman–Crippen MR) is 75.0 cm³/mol. The van der Waals surface area contributed by atoms with Crippen molar-refractivity contribution in [3.8, 4) is 11.5 Å². The van der Waals surface area contributed by atoms with Crippen molar-refractivity contribution in [2.75, 3.05) is 41.0 Å². The molecule has 1 rings (SSSR count). The van der Waals surface area contributed by atoms with Gasteiger partial charge in [-0.1, -0.05) is 6.07 Å². The van der Waals surface area contributed by atoms with Gasteiger partial charge in [0.2, 0.25) is 0 Å². The van der Waals surface area contributed by atoms with E-state index in [9.17, 15) is 9.59 Å². The maximum absolute atomic E-state index is 12.5. The fourth-order valence-corrected chi connectivity index (χ4v) is 1.84. The first kappa shape index (κ1) is 16.8. The molecule has 1 N–H and O–H groups in total. The molecule has 0 aromatic heterocycles. The molecule has 0 bridgehead atoms. The van der Waals surface area contributed by atoms with E-state index in [1.54, 1.807) is 18.2 Å². The van der Waals surface area contributed by atoms with Gasteiger partial charge in [0.05, 0.1) is 26.4 Å². The number of hydrogen-bond donors (Lipinski definition) is 1. The summed E-state index contributed by atoms with van der Waals surface area (Å²) in [5.41, 5.74) is 0.245. The normalized spacial score (nSPS) is 10.0. The van der Waals surface area contributed by atoms with Gasteiger partial charge in [-0.05, 0) is 12.1 Å². The number of ether oxygens (including phenoxy) is 3. The summed E-state index contributed by atoms with van der Waals surface area (Å²) in [6.45, 7) is -0.00411. The molecule has 0 heterocycles. The molecule has 7 nitrogen and oxygen atoms in total. The highest BCUT2D eigenvalue weighted by Gasteiger charge is 2.23. The number of carbonyl (C=O) groups excluding carboxylic acids is 1. The molecule has 0 saturated carbocycles. The van der Waals surface area contributed by atoms with E-state index in [0.29, 0.717) is 5.75 Å². The van der Waals surface area contributed by atoms with Crippen molar-refractivity contribution in [3.05, 3.63) is 23.8 Å². The molecule has 0 aliphatic carbocycles. The number of methoxy groups -OCH3 is 3. The lowest BCUT2D eigenvalue weighted by molar-refractivity contribution is -0.137. The van der Waals surface area contributed by atoms with Crippen LogP contribution < -0.4 is 9.47 Å². The molecule has 21 heavy (non-hydrogen) atoms. The van der Waals surface area contributed by atoms with E-state index in [4.69, 9.17) is 19.3 Å². The van der Waals surface area contributed by atoms with Gasteiger partial charge in [-0.25, -0.2) is 0 Å². The van der Waals surface area contributed by atoms with Crippen LogP contribution in [0.1, 0.15) is 10.4 Å². The molecule has 0 radical (unpaired) electrons. The molecule has 1 aromatic carbocycles. The summed E-state index contributed by atoms with van der Waals surface area (Å²) >= 11 is 0. The topological polar surface area (TPSA) is 85.3 Å². The van der Waals surface area contributed by atoms with Crippen LogP contribution in [0.5, 0.6) is 11.5 Å². The van der Waals surface area contributed by atoms with E-state index in [2.05, 4.69) is 0 Å². The zero-order chi connectivity index (χ0) is 15.8. The Kier molecular flexibility index (Phi) is 6.48. The lowest BCUT2D eigenvalue weighted by atomic mass is 10.1. The zero-order valence-corrected chi connectivity index (χ0v) is 12.3. The maximum atomic E-state index is 12.5. The van der Waals surface area contributed by atoms with Gasteiger partial charge in [-0.2, -0.15) is 0 Å². The maximum Gasteiger partial charge on any atom is 0.323 e. The molecular weight excluding hydrogens is 278 g/mol. The molecule has 0 aliphatic heterocycles. The molecule has 1 amide bonds. The SMILES string of the molecule is COCCN(CC(=O)O)C(=O)c1cccc(OC)c1OC. The highest BCUT2D eigenvalue weighted by Crippen LogP contribution is 2.31. The summed E-state index contributed by atoms with van der Waals surface area (Å²) < 4.78 is 15.2. The van der Waals surface area contributed by atoms with Crippen LogP contribution in [0, 0.1) is 0 Å². The minimum absolute atomic E-state index is 0.169. The van der Waals surface area contributed by atoms with Gasteiger partial charge in [-0.15, -0.1) is 0 Å². The number of carbonyl (C=O) groups is 2. The van der Waals surface area contributed by atoms with E-state index in [1.807, 2.05) is 0 Å². The Labute approximate surface area is 123 Å². The van der Waals surface area contributed by atoms with Crippen molar-refractivity contribution < 1.29 is 28.9 Å². The van der Waals surface area contributed by atoms with Gasteiger partial charge in [0.25, 0.3) is 5.91 Å². The van der Waals surface area contributed by atoms with Crippen LogP contribution in [0.3, 0.4) is 0 Å². The fraction of sp³-hybridized carbons (Fsp3) is 0.429. The summed E-state index contributed by atoms with van der Waals surface area (Å²) in [5, 5.41) is 8.92. The van der Waals surface area contributed by atoms with Crippen molar-refractivity contribution in [3.63, 3.8) is 0 Å². The van der Waals surface area contributed by atoms with Crippen LogP contribution in [0.25, 0.3) is 0 Å². The quantitative estimate of drug-likeness (QED) is 0.766. The first-order chi connectivity index (χ1) is 10.0. The number of nitrogens with zero attached hydrogens (tertiary/aromatic N) is 1. The molecule has 116 valence electrons. The second-order valence-corrected chi connectivity index (χ2v) is 4.15. The molecular formula is C14H19NO6. The second kappa shape index (κ2) is 8.11. The van der Waals surface area contributed by atoms with Gasteiger partial charge in [0, 0.05) is 13.7 Å². The Morgan fingerprint density at radius 3 is 2.43 bits per heavy atom. The van der Waals surface area contributed by atoms with Crippen molar-refractivity contribution in [2.24, 2.45) is 0 Å². The highest BCUT2D eigenvalue weighted by molar-refractivity contribution is 5.99. The Balaban J connectivity index is 3.10. The smallest absolute Gasteiger partial charge is 0.323 e. The standard InChI is InChI=1S/C14H19NO6/c1-19-8-7-15(9-12(16)17)14(18)10-5-4-6-11(20-2)13(10)21-3/h4-6H,7-9H2,1-3H3,(H,16,17). The zero-order valence-electron chi connectivity index (χ0n) is 12.3. The monoisotopic (exact) mass is 297 g/mol. The van der Waals surface area contributed by atoms with E-state index >= 15 is 0 Å². The molecule has 0 unspecified atom stereocenters. The van der Waals surface area contributed by atoms with Crippen LogP contribution in [0.4, 0.5) is 0 Å². The Morgan fingerprint density at radius 2 is 1.90 bits per heavy atom. The van der Waals surface area contributed by atoms with Crippen LogP contribution in [0.15, 0.2) is 18.2 Å². The third-order valence-corrected chi connectivity index (χ3v) is 2.81. The van der Waals surface area contributed by atoms with Gasteiger partial charge < -0.3 is 24.2 Å². The van der Waals surface area contributed by atoms with Crippen molar-refractivity contribution in [2.45, 2.75) is 0 Å². The Morgan fingerprint density at radius 1 is 1.19 bits per heavy atom. The minimum Gasteiger partial charge on any atom is -0.493 e. The van der Waals surface area contributed by atoms with Crippen LogP contribution in [-0.2, 0) is 9.53 Å². The fourth-order valence-electron chi connectivity index (χ4n) is 1.84. The van der Waals surface area contributed by atoms with Gasteiger partial charge >= 0.3 is 5.97 Å². The van der Waals surface area contributed by atoms with Crippen LogP contribution in [0.2, 0.25) is 0 Å². The second-order valence-electron chi connectivity index (χ2n) is 4.15. The summed E-state index contributed by atoms with van der Waals surface area (Å²) in [7, 11) is 4.37. The Bertz CT molecular complexity index is 502. The molecule has 0 atom stereocenters. The highest BCUT2D eigenvalue weighted by atomic mass is 16.5. The summed E-state index contributed by atoms with van der Waals surface area (Å²) in [4.78, 5) is 24.6. The number of amides is 1. The summed E-state index contributed by atoms with van der Waals surface area (Å²) in [6.07, 6.45) is 0. The number of aliphatic carboxylic acids is 1. The first-order valence-electron chi connectivity index (χ1n) is 6.26. The molecule has 1 aromatic rings. The summed E-state index contributed by atoms with van der Waals surface area (Å²) in [5.74, 6) is -0.866. The number of rotatable bonds is 8. The van der Waals surface area contributed by atoms with E-state index in [-0.39, 0.29) is 24.5 Å². The lowest BCUT2D eigenvalue weighted by Crippen LogP contribution is -2.38. The number of benzene rings is 1. The van der Waals surface area contributed by atoms with E-state index in [1.165, 1.54) is 26.2 Å². The average molecular weight is 297 g/mol. The van der Waals surface area contributed by atoms with Gasteiger partial charge in [0.15, 0.2) is 11.5 Å². The molecule has 0 fully saturated rings. The molecule has 0 spiro atoms. The first-order valence-corrected chi connectivity index (χ1v) is 6.26. The molecule has 0 saturated heterocycles. The van der Waals surface area contributed by atoms with E-state index < -0.39 is 18.4 Å². The van der Waals surface area contributed by atoms with Crippen LogP contribution in [-0.4, -0.2) is 62.9 Å². The van der Waals surface area contributed by atoms with E-state index in [0.717, 1.165) is 0 Å². The lowest BCUT2D eigenvalue weighted by Gasteiger charge is -2.22. The van der Waals surface area contributed by atoms with Crippen molar-refractivity contribution in [1.29, 1.82) is 0 Å². The number of hydrogen-bond acceptors (Lipinski definition) is 5. The van der Waals surface area contributed by atoms with Gasteiger partial charge in [-0.3, -0.25) is 9.59 Å². The average Bonchev–Trinajstić information content (AvgIpc) is 2.49. The molecule has 7 heteroatoms. The molecule has 0 aliphatic rings. The summed E-state index contributed by atoms with van der Waals surface area (Å²) in [6, 6.07) is 4.86. The van der Waals surface area contributed by atoms with Gasteiger partial charge in [0.1, 0.15) is 6.54 Å². The minimum atomic E-state index is -1.10. The number of carboxylic acid groups (broad SMARTS) is 1.